The number of carbonyl (C=O) groups excluding carboxylic acids is 1. The molecule has 4 nitrogen and oxygen atoms in total. The zero-order valence-corrected chi connectivity index (χ0v) is 8.56. The van der Waals surface area contributed by atoms with Crippen LogP contribution in [0.25, 0.3) is 0 Å². The van der Waals surface area contributed by atoms with Crippen LogP contribution in [0.5, 0.6) is 0 Å². The topological polar surface area (TPSA) is 64.7 Å². The van der Waals surface area contributed by atoms with Gasteiger partial charge in [-0.05, 0) is 18.6 Å². The van der Waals surface area contributed by atoms with E-state index in [2.05, 4.69) is 4.99 Å². The van der Waals surface area contributed by atoms with Gasteiger partial charge in [-0.2, -0.15) is 0 Å². The molecule has 0 aromatic rings. The van der Waals surface area contributed by atoms with Gasteiger partial charge < -0.3 is 4.74 Å². The van der Waals surface area contributed by atoms with E-state index in [4.69, 9.17) is 10.5 Å². The Bertz CT molecular complexity index is 273. The van der Waals surface area contributed by atoms with E-state index < -0.39 is 5.72 Å². The van der Waals surface area contributed by atoms with E-state index in [0.29, 0.717) is 6.42 Å². The molecule has 0 aliphatic carbocycles. The molecule has 0 spiro atoms. The Morgan fingerprint density at radius 3 is 2.93 bits per heavy atom. The number of ether oxygens (including phenoxy) is 1. The van der Waals surface area contributed by atoms with Gasteiger partial charge in [0.1, 0.15) is 6.04 Å². The zero-order valence-electron chi connectivity index (χ0n) is 8.56. The number of rotatable bonds is 3. The van der Waals surface area contributed by atoms with Gasteiger partial charge in [0.25, 0.3) is 0 Å². The van der Waals surface area contributed by atoms with E-state index in [9.17, 15) is 4.79 Å². The highest BCUT2D eigenvalue weighted by Gasteiger charge is 2.35. The number of esters is 1. The molecule has 0 amide bonds. The molecule has 1 rings (SSSR count). The Morgan fingerprint density at radius 1 is 1.64 bits per heavy atom. The van der Waals surface area contributed by atoms with Gasteiger partial charge in [0.2, 0.25) is 5.72 Å². The van der Waals surface area contributed by atoms with Gasteiger partial charge in [-0.25, -0.2) is 0 Å². The highest BCUT2D eigenvalue weighted by Crippen LogP contribution is 2.20. The van der Waals surface area contributed by atoms with Crippen LogP contribution in [0, 0.1) is 0 Å². The third kappa shape index (κ3) is 2.20. The SMILES string of the molecule is CCC(=O)OC1(N)C=CC=N[C@H]1CC. The summed E-state index contributed by atoms with van der Waals surface area (Å²) < 4.78 is 5.17. The van der Waals surface area contributed by atoms with Crippen LogP contribution in [0.2, 0.25) is 0 Å². The molecule has 0 radical (unpaired) electrons. The molecule has 0 aromatic heterocycles. The van der Waals surface area contributed by atoms with Crippen molar-refractivity contribution in [2.24, 2.45) is 10.7 Å². The van der Waals surface area contributed by atoms with Gasteiger partial charge in [-0.3, -0.25) is 15.5 Å². The highest BCUT2D eigenvalue weighted by atomic mass is 16.6. The fourth-order valence-electron chi connectivity index (χ4n) is 1.37. The summed E-state index contributed by atoms with van der Waals surface area (Å²) in [6.07, 6.45) is 6.14. The van der Waals surface area contributed by atoms with Crippen molar-refractivity contribution in [3.8, 4) is 0 Å². The highest BCUT2D eigenvalue weighted by molar-refractivity contribution is 5.74. The van der Waals surface area contributed by atoms with Crippen LogP contribution in [0.3, 0.4) is 0 Å². The minimum atomic E-state index is -1.06. The van der Waals surface area contributed by atoms with E-state index in [-0.39, 0.29) is 12.0 Å². The smallest absolute Gasteiger partial charge is 0.307 e. The molecule has 1 aliphatic rings. The molecule has 2 atom stereocenters. The summed E-state index contributed by atoms with van der Waals surface area (Å²) in [5, 5.41) is 0. The van der Waals surface area contributed by atoms with E-state index >= 15 is 0 Å². The van der Waals surface area contributed by atoms with Crippen LogP contribution in [-0.4, -0.2) is 24.0 Å². The number of hydrogen-bond acceptors (Lipinski definition) is 4. The van der Waals surface area contributed by atoms with Gasteiger partial charge >= 0.3 is 5.97 Å². The lowest BCUT2D eigenvalue weighted by molar-refractivity contribution is -0.156. The summed E-state index contributed by atoms with van der Waals surface area (Å²) in [6.45, 7) is 3.70. The summed E-state index contributed by atoms with van der Waals surface area (Å²) in [7, 11) is 0. The zero-order chi connectivity index (χ0) is 10.6. The molecule has 1 heterocycles. The fraction of sp³-hybridized carbons (Fsp3) is 0.600. The van der Waals surface area contributed by atoms with Crippen molar-refractivity contribution in [3.05, 3.63) is 12.2 Å². The average Bonchev–Trinajstić information content (AvgIpc) is 2.18. The molecule has 4 heteroatoms. The Morgan fingerprint density at radius 2 is 2.36 bits per heavy atom. The van der Waals surface area contributed by atoms with E-state index in [1.807, 2.05) is 6.92 Å². The first-order valence-corrected chi connectivity index (χ1v) is 4.84. The third-order valence-corrected chi connectivity index (χ3v) is 2.20. The summed E-state index contributed by atoms with van der Waals surface area (Å²) in [5.41, 5.74) is 4.89. The van der Waals surface area contributed by atoms with Crippen molar-refractivity contribution in [3.63, 3.8) is 0 Å². The van der Waals surface area contributed by atoms with Crippen molar-refractivity contribution >= 4 is 12.2 Å². The predicted molar refractivity (Wildman–Crippen MR) is 55.0 cm³/mol. The molecule has 2 N–H and O–H groups in total. The number of dihydropyridines is 1. The Hall–Kier alpha value is -1.16. The Kier molecular flexibility index (Phi) is 3.41. The normalized spacial score (nSPS) is 30.4. The molecule has 0 saturated heterocycles. The summed E-state index contributed by atoms with van der Waals surface area (Å²) in [4.78, 5) is 15.3. The second kappa shape index (κ2) is 4.37. The minimum absolute atomic E-state index is 0.178. The predicted octanol–water partition coefficient (Wildman–Crippen LogP) is 1.01. The van der Waals surface area contributed by atoms with Crippen molar-refractivity contribution in [1.29, 1.82) is 0 Å². The molecule has 0 fully saturated rings. The quantitative estimate of drug-likeness (QED) is 0.541. The van der Waals surface area contributed by atoms with Gasteiger partial charge in [0.05, 0.1) is 0 Å². The second-order valence-electron chi connectivity index (χ2n) is 3.26. The molecule has 78 valence electrons. The average molecular weight is 196 g/mol. The lowest BCUT2D eigenvalue weighted by atomic mass is 10.00. The maximum atomic E-state index is 11.2. The van der Waals surface area contributed by atoms with Crippen LogP contribution in [-0.2, 0) is 9.53 Å². The number of nitrogens with zero attached hydrogens (tertiary/aromatic N) is 1. The number of allylic oxidation sites excluding steroid dienone is 1. The standard InChI is InChI=1S/C10H16N2O2/c1-3-8-10(11,6-5-7-12-8)14-9(13)4-2/h5-8H,3-4,11H2,1-2H3/t8-,10?/m0/s1. The van der Waals surface area contributed by atoms with Gasteiger partial charge in [-0.1, -0.05) is 13.8 Å². The van der Waals surface area contributed by atoms with Crippen LogP contribution in [0.1, 0.15) is 26.7 Å². The van der Waals surface area contributed by atoms with E-state index in [1.165, 1.54) is 0 Å². The number of nitrogens with two attached hydrogens (primary N) is 1. The molecule has 0 bridgehead atoms. The minimum Gasteiger partial charge on any atom is -0.438 e. The van der Waals surface area contributed by atoms with E-state index in [1.54, 1.807) is 25.3 Å². The monoisotopic (exact) mass is 196 g/mol. The molecule has 14 heavy (non-hydrogen) atoms. The molecule has 0 aromatic carbocycles. The Balaban J connectivity index is 2.75. The van der Waals surface area contributed by atoms with Crippen molar-refractivity contribution in [2.75, 3.05) is 0 Å². The van der Waals surface area contributed by atoms with Gasteiger partial charge in [0, 0.05) is 12.6 Å². The molecular formula is C10H16N2O2. The maximum absolute atomic E-state index is 11.2. The first kappa shape index (κ1) is 10.9. The maximum Gasteiger partial charge on any atom is 0.307 e. The largest absolute Gasteiger partial charge is 0.438 e. The van der Waals surface area contributed by atoms with Crippen molar-refractivity contribution in [1.82, 2.24) is 0 Å². The number of aliphatic imine (C=N–C) groups is 1. The number of carbonyl (C=O) groups is 1. The molecular weight excluding hydrogens is 180 g/mol. The lowest BCUT2D eigenvalue weighted by Gasteiger charge is -2.32. The molecule has 1 unspecified atom stereocenters. The summed E-state index contributed by atoms with van der Waals surface area (Å²) in [5.74, 6) is -0.298. The van der Waals surface area contributed by atoms with Crippen molar-refractivity contribution < 1.29 is 9.53 Å². The van der Waals surface area contributed by atoms with Crippen LogP contribution < -0.4 is 5.73 Å². The van der Waals surface area contributed by atoms with Crippen LogP contribution in [0.15, 0.2) is 17.1 Å². The lowest BCUT2D eigenvalue weighted by Crippen LogP contribution is -2.52. The molecule has 0 saturated carbocycles. The van der Waals surface area contributed by atoms with Crippen LogP contribution in [0.4, 0.5) is 0 Å². The third-order valence-electron chi connectivity index (χ3n) is 2.20. The summed E-state index contributed by atoms with van der Waals surface area (Å²) in [6, 6.07) is -0.178. The number of hydrogen-bond donors (Lipinski definition) is 1. The van der Waals surface area contributed by atoms with Gasteiger partial charge in [-0.15, -0.1) is 0 Å². The summed E-state index contributed by atoms with van der Waals surface area (Å²) >= 11 is 0. The Labute approximate surface area is 83.8 Å². The first-order chi connectivity index (χ1) is 6.62. The fourth-order valence-corrected chi connectivity index (χ4v) is 1.37. The van der Waals surface area contributed by atoms with Crippen molar-refractivity contribution in [2.45, 2.75) is 38.5 Å². The van der Waals surface area contributed by atoms with Gasteiger partial charge in [0.15, 0.2) is 0 Å². The first-order valence-electron chi connectivity index (χ1n) is 4.84. The van der Waals surface area contributed by atoms with Crippen LogP contribution >= 0.6 is 0 Å². The second-order valence-corrected chi connectivity index (χ2v) is 3.26. The molecule has 1 aliphatic heterocycles. The van der Waals surface area contributed by atoms with E-state index in [0.717, 1.165) is 6.42 Å².